The van der Waals surface area contributed by atoms with Crippen molar-refractivity contribution in [2.24, 2.45) is 0 Å². The molecule has 21 heavy (non-hydrogen) atoms. The molecule has 1 aliphatic carbocycles. The Morgan fingerprint density at radius 1 is 1.48 bits per heavy atom. The van der Waals surface area contributed by atoms with Gasteiger partial charge in [0.05, 0.1) is 26.1 Å². The SMILES string of the molecule is [2H]c1cc([2H])c2nc(C([2H])([2H])[2H])n(C3C(=O)CC(=O)C([2H])([2H])C3[2H])c(=O)c2c1N. The normalized spacial score (nSPS) is 31.2. The average Bonchev–Trinajstić information content (AvgIpc) is 2.58. The van der Waals surface area contributed by atoms with Gasteiger partial charge >= 0.3 is 0 Å². The van der Waals surface area contributed by atoms with Crippen molar-refractivity contribution in [2.75, 3.05) is 5.73 Å². The topological polar surface area (TPSA) is 95.0 Å². The molecule has 0 aliphatic heterocycles. The summed E-state index contributed by atoms with van der Waals surface area (Å²) in [6.45, 7) is -3.07. The summed E-state index contributed by atoms with van der Waals surface area (Å²) >= 11 is 0. The molecule has 1 heterocycles. The van der Waals surface area contributed by atoms with Gasteiger partial charge in [-0.3, -0.25) is 19.0 Å². The van der Waals surface area contributed by atoms with Gasteiger partial charge in [0.15, 0.2) is 5.78 Å². The first-order valence-electron chi connectivity index (χ1n) is 10.1. The summed E-state index contributed by atoms with van der Waals surface area (Å²) < 4.78 is 62.8. The zero-order chi connectivity index (χ0) is 22.0. The molecule has 0 spiro atoms. The highest BCUT2D eigenvalue weighted by molar-refractivity contribution is 6.03. The molecule has 1 saturated carbocycles. The highest BCUT2D eigenvalue weighted by Gasteiger charge is 2.30. The number of fused-ring (bicyclic) bond motifs is 1. The maximum atomic E-state index is 13.2. The van der Waals surface area contributed by atoms with Crippen LogP contribution >= 0.6 is 0 Å². The van der Waals surface area contributed by atoms with Gasteiger partial charge in [0.2, 0.25) is 0 Å². The average molecular weight is 293 g/mol. The van der Waals surface area contributed by atoms with Crippen molar-refractivity contribution in [3.05, 3.63) is 34.3 Å². The summed E-state index contributed by atoms with van der Waals surface area (Å²) in [5.41, 5.74) is 3.78. The van der Waals surface area contributed by atoms with Gasteiger partial charge in [-0.15, -0.1) is 0 Å². The number of hydrogen-bond acceptors (Lipinski definition) is 5. The number of Topliss-reactive ketones (excluding diaryl/α,β-unsaturated/α-hetero) is 2. The zero-order valence-corrected chi connectivity index (χ0v) is 10.6. The van der Waals surface area contributed by atoms with Crippen LogP contribution in [0, 0.1) is 6.85 Å². The summed E-state index contributed by atoms with van der Waals surface area (Å²) in [5.74, 6) is -3.08. The summed E-state index contributed by atoms with van der Waals surface area (Å²) in [6, 6.07) is -1.78. The molecule has 108 valence electrons. The molecule has 6 nitrogen and oxygen atoms in total. The first-order valence-corrected chi connectivity index (χ1v) is 6.00. The predicted octanol–water partition coefficient (Wildman–Crippen LogP) is 1.15. The van der Waals surface area contributed by atoms with E-state index in [1.807, 2.05) is 0 Å². The van der Waals surface area contributed by atoms with Crippen LogP contribution in [-0.2, 0) is 9.59 Å². The second-order valence-electron chi connectivity index (χ2n) is 4.50. The van der Waals surface area contributed by atoms with E-state index >= 15 is 0 Å². The monoisotopic (exact) mass is 293 g/mol. The second-order valence-corrected chi connectivity index (χ2v) is 4.50. The number of aryl methyl sites for hydroxylation is 1. The Labute approximate surface area is 131 Å². The fourth-order valence-corrected chi connectivity index (χ4v) is 2.19. The molecule has 1 fully saturated rings. The van der Waals surface area contributed by atoms with E-state index in [1.54, 1.807) is 0 Å². The Hall–Kier alpha value is -2.50. The molecule has 1 aromatic carbocycles. The van der Waals surface area contributed by atoms with Gasteiger partial charge in [-0.1, -0.05) is 6.07 Å². The minimum Gasteiger partial charge on any atom is -0.398 e. The van der Waals surface area contributed by atoms with Crippen molar-refractivity contribution in [3.63, 3.8) is 0 Å². The van der Waals surface area contributed by atoms with Crippen molar-refractivity contribution >= 4 is 28.2 Å². The van der Waals surface area contributed by atoms with Crippen LogP contribution in [0.1, 0.15) is 42.0 Å². The number of ketones is 2. The van der Waals surface area contributed by atoms with E-state index in [0.29, 0.717) is 4.57 Å². The fraction of sp³-hybridized carbons (Fsp3) is 0.333. The molecule has 0 saturated heterocycles. The number of benzene rings is 1. The van der Waals surface area contributed by atoms with Crippen molar-refractivity contribution in [1.29, 1.82) is 0 Å². The number of carbonyl (C=O) groups excluding carboxylic acids is 2. The molecule has 0 radical (unpaired) electrons. The lowest BCUT2D eigenvalue weighted by Gasteiger charge is -2.24. The van der Waals surface area contributed by atoms with Gasteiger partial charge in [0, 0.05) is 20.3 Å². The summed E-state index contributed by atoms with van der Waals surface area (Å²) in [6.07, 6.45) is -5.83. The van der Waals surface area contributed by atoms with E-state index in [0.717, 1.165) is 6.07 Å². The largest absolute Gasteiger partial charge is 0.398 e. The van der Waals surface area contributed by atoms with Gasteiger partial charge in [0.25, 0.3) is 5.56 Å². The van der Waals surface area contributed by atoms with Crippen LogP contribution in [0.5, 0.6) is 0 Å². The highest BCUT2D eigenvalue weighted by Crippen LogP contribution is 2.24. The molecule has 2 unspecified atom stereocenters. The van der Waals surface area contributed by atoms with Crippen LogP contribution < -0.4 is 11.3 Å². The van der Waals surface area contributed by atoms with E-state index in [1.165, 1.54) is 0 Å². The number of aromatic nitrogens is 2. The van der Waals surface area contributed by atoms with Gasteiger partial charge in [-0.2, -0.15) is 0 Å². The van der Waals surface area contributed by atoms with Gasteiger partial charge in [-0.05, 0) is 25.3 Å². The van der Waals surface area contributed by atoms with Crippen LogP contribution in [0.15, 0.2) is 22.9 Å². The van der Waals surface area contributed by atoms with E-state index < -0.39 is 83.7 Å². The van der Waals surface area contributed by atoms with Crippen molar-refractivity contribution < 1.29 is 20.6 Å². The van der Waals surface area contributed by atoms with Gasteiger partial charge < -0.3 is 5.73 Å². The maximum absolute atomic E-state index is 13.2. The smallest absolute Gasteiger partial charge is 0.264 e. The zero-order valence-electron chi connectivity index (χ0n) is 18.6. The van der Waals surface area contributed by atoms with E-state index in [9.17, 15) is 14.4 Å². The third-order valence-corrected chi connectivity index (χ3v) is 3.17. The van der Waals surface area contributed by atoms with E-state index in [-0.39, 0.29) is 0 Å². The number of hydrogen-bond donors (Lipinski definition) is 1. The molecule has 2 N–H and O–H groups in total. The summed E-state index contributed by atoms with van der Waals surface area (Å²) in [4.78, 5) is 41.4. The molecule has 0 amide bonds. The Kier molecular flexibility index (Phi) is 1.59. The molecule has 0 bridgehead atoms. The minimum absolute atomic E-state index is 0.370. The first-order chi connectivity index (χ1) is 13.2. The van der Waals surface area contributed by atoms with Crippen LogP contribution in [0.25, 0.3) is 10.9 Å². The van der Waals surface area contributed by atoms with Crippen molar-refractivity contribution in [2.45, 2.75) is 32.1 Å². The number of nitrogens with two attached hydrogens (primary N) is 1. The molecule has 2 aromatic rings. The van der Waals surface area contributed by atoms with Crippen LogP contribution in [0.3, 0.4) is 0 Å². The Balaban J connectivity index is 2.48. The third-order valence-electron chi connectivity index (χ3n) is 3.17. The molecule has 1 aliphatic rings. The first kappa shape index (κ1) is 6.98. The lowest BCUT2D eigenvalue weighted by atomic mass is 9.92. The lowest BCUT2D eigenvalue weighted by Crippen LogP contribution is -2.36. The standard InChI is InChI=1S/C15H15N3O3/c1-8-17-11-4-2-3-10(16)14(11)15(21)18(8)12-6-5-9(19)7-13(12)20/h2-4,12H,5-7,16H2,1H3/i1D3,3D,4D,5D2,6D. The lowest BCUT2D eigenvalue weighted by molar-refractivity contribution is -0.132. The van der Waals surface area contributed by atoms with Crippen LogP contribution in [-0.4, -0.2) is 21.1 Å². The number of nitrogen functional groups attached to an aromatic ring is 1. The summed E-state index contributed by atoms with van der Waals surface area (Å²) in [7, 11) is 0. The predicted molar refractivity (Wildman–Crippen MR) is 78.1 cm³/mol. The Bertz CT molecular complexity index is 1120. The van der Waals surface area contributed by atoms with Crippen LogP contribution in [0.4, 0.5) is 5.69 Å². The van der Waals surface area contributed by atoms with E-state index in [2.05, 4.69) is 4.98 Å². The minimum atomic E-state index is -3.07. The molecule has 2 atom stereocenters. The van der Waals surface area contributed by atoms with Crippen molar-refractivity contribution in [1.82, 2.24) is 9.55 Å². The molecular formula is C15H15N3O3. The summed E-state index contributed by atoms with van der Waals surface area (Å²) in [5, 5.41) is -0.479. The Morgan fingerprint density at radius 2 is 2.29 bits per heavy atom. The van der Waals surface area contributed by atoms with Gasteiger partial charge in [-0.25, -0.2) is 4.98 Å². The maximum Gasteiger partial charge on any atom is 0.264 e. The molecule has 3 rings (SSSR count). The number of carbonyl (C=O) groups is 2. The van der Waals surface area contributed by atoms with E-state index in [4.69, 9.17) is 16.7 Å². The molecular weight excluding hydrogens is 270 g/mol. The van der Waals surface area contributed by atoms with Crippen LogP contribution in [0.2, 0.25) is 0 Å². The molecule has 6 heteroatoms. The third kappa shape index (κ3) is 2.12. The van der Waals surface area contributed by atoms with Gasteiger partial charge in [0.1, 0.15) is 11.6 Å². The number of anilines is 1. The number of rotatable bonds is 1. The Morgan fingerprint density at radius 3 is 3.05 bits per heavy atom. The quantitative estimate of drug-likeness (QED) is 0.628. The fourth-order valence-electron chi connectivity index (χ4n) is 2.19. The second kappa shape index (κ2) is 4.80. The number of nitrogens with zero attached hydrogens (tertiary/aromatic N) is 2. The molecule has 1 aromatic heterocycles. The highest BCUT2D eigenvalue weighted by atomic mass is 16.2. The van der Waals surface area contributed by atoms with Crippen molar-refractivity contribution in [3.8, 4) is 0 Å².